The summed E-state index contributed by atoms with van der Waals surface area (Å²) in [6.45, 7) is 0. The van der Waals surface area contributed by atoms with Crippen LogP contribution in [0.25, 0.3) is 87.6 Å². The lowest BCUT2D eigenvalue weighted by atomic mass is 9.70. The van der Waals surface area contributed by atoms with Crippen LogP contribution >= 0.6 is 0 Å². The van der Waals surface area contributed by atoms with Crippen LogP contribution < -0.4 is 9.80 Å². The highest BCUT2D eigenvalue weighted by Crippen LogP contribution is 2.64. The summed E-state index contributed by atoms with van der Waals surface area (Å²) in [4.78, 5) is 4.90. The fraction of sp³-hybridized carbons (Fsp3) is 0.0137. The summed E-state index contributed by atoms with van der Waals surface area (Å²) < 4.78 is 6.87. The lowest BCUT2D eigenvalue weighted by molar-refractivity contribution is 0.669. The van der Waals surface area contributed by atoms with Crippen LogP contribution in [0, 0.1) is 0 Å². The van der Waals surface area contributed by atoms with Crippen LogP contribution in [0.15, 0.2) is 283 Å². The van der Waals surface area contributed by atoms with E-state index in [1.165, 1.54) is 88.0 Å². The maximum Gasteiger partial charge on any atom is 0.159 e. The number of fused-ring (bicyclic) bond motifs is 16. The molecule has 2 aliphatic rings. The van der Waals surface area contributed by atoms with Gasteiger partial charge in [-0.15, -0.1) is 0 Å². The van der Waals surface area contributed by atoms with Crippen molar-refractivity contribution in [3.8, 4) is 33.4 Å². The summed E-state index contributed by atoms with van der Waals surface area (Å²) in [5, 5.41) is 9.43. The van der Waals surface area contributed by atoms with Crippen molar-refractivity contribution in [2.45, 2.75) is 5.41 Å². The molecule has 3 heteroatoms. The monoisotopic (exact) mass is 966 g/mol. The molecule has 2 aliphatic carbocycles. The average Bonchev–Trinajstić information content (AvgIpc) is 4.27. The van der Waals surface area contributed by atoms with Crippen molar-refractivity contribution in [2.75, 3.05) is 9.80 Å². The number of rotatable bonds is 7. The van der Waals surface area contributed by atoms with E-state index in [0.29, 0.717) is 0 Å². The second kappa shape index (κ2) is 16.5. The molecule has 76 heavy (non-hydrogen) atoms. The van der Waals surface area contributed by atoms with Crippen molar-refractivity contribution >= 4 is 88.4 Å². The summed E-state index contributed by atoms with van der Waals surface area (Å²) in [5.74, 6) is 0. The largest absolute Gasteiger partial charge is 0.454 e. The van der Waals surface area contributed by atoms with Gasteiger partial charge in [0.2, 0.25) is 0 Å². The molecule has 0 fully saturated rings. The molecule has 1 spiro atoms. The summed E-state index contributed by atoms with van der Waals surface area (Å²) in [6.07, 6.45) is 0. The van der Waals surface area contributed by atoms with Gasteiger partial charge < -0.3 is 14.2 Å². The van der Waals surface area contributed by atoms with Gasteiger partial charge in [0.1, 0.15) is 5.58 Å². The Bertz CT molecular complexity index is 4670. The van der Waals surface area contributed by atoms with Gasteiger partial charge >= 0.3 is 0 Å². The van der Waals surface area contributed by atoms with Crippen LogP contribution in [0.2, 0.25) is 0 Å². The molecule has 0 amide bonds. The van der Waals surface area contributed by atoms with Gasteiger partial charge in [-0.2, -0.15) is 0 Å². The zero-order valence-electron chi connectivity index (χ0n) is 41.4. The smallest absolute Gasteiger partial charge is 0.159 e. The number of hydrogen-bond donors (Lipinski definition) is 0. The Morgan fingerprint density at radius 2 is 0.776 bits per heavy atom. The fourth-order valence-corrected chi connectivity index (χ4v) is 13.1. The average molecular weight is 967 g/mol. The van der Waals surface area contributed by atoms with Crippen molar-refractivity contribution in [2.24, 2.45) is 0 Å². The van der Waals surface area contributed by atoms with Crippen molar-refractivity contribution < 1.29 is 4.42 Å². The molecule has 0 saturated carbocycles. The molecule has 1 heterocycles. The molecule has 14 aromatic rings. The van der Waals surface area contributed by atoms with Crippen LogP contribution in [0.3, 0.4) is 0 Å². The molecule has 0 radical (unpaired) electrons. The second-order valence-electron chi connectivity index (χ2n) is 20.3. The molecule has 0 bridgehead atoms. The zero-order valence-corrected chi connectivity index (χ0v) is 41.4. The summed E-state index contributed by atoms with van der Waals surface area (Å²) in [5.41, 5.74) is 19.9. The van der Waals surface area contributed by atoms with E-state index in [0.717, 1.165) is 56.1 Å². The maximum absolute atomic E-state index is 6.87. The van der Waals surface area contributed by atoms with E-state index in [9.17, 15) is 0 Å². The highest BCUT2D eigenvalue weighted by atomic mass is 16.3. The first-order chi connectivity index (χ1) is 37.7. The van der Waals surface area contributed by atoms with Gasteiger partial charge in [0, 0.05) is 39.1 Å². The molecular formula is C73H46N2O. The first-order valence-electron chi connectivity index (χ1n) is 26.2. The van der Waals surface area contributed by atoms with E-state index in [2.05, 4.69) is 289 Å². The number of hydrogen-bond acceptors (Lipinski definition) is 3. The lowest BCUT2D eigenvalue weighted by Gasteiger charge is -2.34. The molecule has 13 aromatic carbocycles. The van der Waals surface area contributed by atoms with Crippen molar-refractivity contribution in [3.63, 3.8) is 0 Å². The molecule has 0 saturated heterocycles. The van der Waals surface area contributed by atoms with Gasteiger partial charge in [-0.3, -0.25) is 0 Å². The molecule has 1 unspecified atom stereocenters. The first-order valence-corrected chi connectivity index (χ1v) is 26.2. The number of nitrogens with zero attached hydrogens (tertiary/aromatic N) is 2. The van der Waals surface area contributed by atoms with Gasteiger partial charge in [0.15, 0.2) is 5.58 Å². The molecule has 3 nitrogen and oxygen atoms in total. The summed E-state index contributed by atoms with van der Waals surface area (Å²) >= 11 is 0. The minimum Gasteiger partial charge on any atom is -0.454 e. The maximum atomic E-state index is 6.87. The standard InChI is InChI=1S/C73H46N2O/c1-2-22-53(23-3-1)74(68-42-36-49-19-8-9-24-57(49)71(68)52-34-33-47-17-4-6-20-50(47)43-52)55-38-40-60-58-25-10-13-29-64(58)73(66(60)45-55)65-30-14-11-26-59(65)61-41-39-56(46-67(61)73)75(54-37-35-48-18-5-7-21-51(48)44-54)69-31-16-28-63-62-27-12-15-32-70(62)76-72(63)69/h1-46H. The van der Waals surface area contributed by atoms with E-state index in [1.54, 1.807) is 0 Å². The molecule has 0 N–H and O–H groups in total. The normalized spacial score (nSPS) is 14.1. The predicted molar refractivity (Wildman–Crippen MR) is 317 cm³/mol. The van der Waals surface area contributed by atoms with E-state index in [-0.39, 0.29) is 0 Å². The number of anilines is 6. The van der Waals surface area contributed by atoms with Crippen molar-refractivity contribution in [3.05, 3.63) is 301 Å². The topological polar surface area (TPSA) is 19.6 Å². The summed E-state index contributed by atoms with van der Waals surface area (Å²) in [7, 11) is 0. The van der Waals surface area contributed by atoms with E-state index in [1.807, 2.05) is 0 Å². The zero-order chi connectivity index (χ0) is 49.9. The van der Waals surface area contributed by atoms with E-state index in [4.69, 9.17) is 4.42 Å². The van der Waals surface area contributed by atoms with Gasteiger partial charge in [-0.05, 0) is 155 Å². The van der Waals surface area contributed by atoms with E-state index >= 15 is 0 Å². The number of benzene rings is 13. The SMILES string of the molecule is c1ccc(N(c2ccc3c(c2)C2(c4ccccc4-3)c3ccccc3-c3ccc(N(c4ccc5ccccc5c4)c4cccc5c4oc4ccccc45)cc32)c2ccc3ccccc3c2-c2ccc3ccccc3c2)cc1. The Morgan fingerprint density at radius 3 is 1.49 bits per heavy atom. The highest BCUT2D eigenvalue weighted by molar-refractivity contribution is 6.11. The molecular weight excluding hydrogens is 921 g/mol. The van der Waals surface area contributed by atoms with Gasteiger partial charge in [-0.25, -0.2) is 0 Å². The second-order valence-corrected chi connectivity index (χ2v) is 20.3. The van der Waals surface area contributed by atoms with Crippen LogP contribution in [0.1, 0.15) is 22.3 Å². The van der Waals surface area contributed by atoms with Gasteiger partial charge in [-0.1, -0.05) is 206 Å². The van der Waals surface area contributed by atoms with Gasteiger partial charge in [0.25, 0.3) is 0 Å². The third kappa shape index (κ3) is 6.17. The Balaban J connectivity index is 0.957. The Morgan fingerprint density at radius 1 is 0.276 bits per heavy atom. The Hall–Kier alpha value is -9.96. The molecule has 1 atom stereocenters. The van der Waals surface area contributed by atoms with Crippen molar-refractivity contribution in [1.82, 2.24) is 0 Å². The highest BCUT2D eigenvalue weighted by Gasteiger charge is 2.52. The van der Waals surface area contributed by atoms with Crippen LogP contribution in [0.4, 0.5) is 34.1 Å². The quantitative estimate of drug-likeness (QED) is 0.159. The Kier molecular flexibility index (Phi) is 9.25. The minimum absolute atomic E-state index is 0.656. The van der Waals surface area contributed by atoms with Crippen LogP contribution in [-0.2, 0) is 5.41 Å². The number of para-hydroxylation sites is 3. The third-order valence-electron chi connectivity index (χ3n) is 16.4. The summed E-state index contributed by atoms with van der Waals surface area (Å²) in [6, 6.07) is 103. The van der Waals surface area contributed by atoms with Crippen LogP contribution in [0.5, 0.6) is 0 Å². The van der Waals surface area contributed by atoms with Crippen LogP contribution in [-0.4, -0.2) is 0 Å². The first kappa shape index (κ1) is 42.5. The molecule has 1 aromatic heterocycles. The van der Waals surface area contributed by atoms with Crippen molar-refractivity contribution in [1.29, 1.82) is 0 Å². The lowest BCUT2D eigenvalue weighted by Crippen LogP contribution is -2.26. The molecule has 0 aliphatic heterocycles. The Labute approximate surface area is 440 Å². The fourth-order valence-electron chi connectivity index (χ4n) is 13.1. The number of furan rings is 1. The molecule has 16 rings (SSSR count). The minimum atomic E-state index is -0.656. The van der Waals surface area contributed by atoms with Gasteiger partial charge in [0.05, 0.1) is 16.8 Å². The molecule has 354 valence electrons. The predicted octanol–water partition coefficient (Wildman–Crippen LogP) is 20.0. The van der Waals surface area contributed by atoms with E-state index < -0.39 is 5.41 Å². The third-order valence-corrected chi connectivity index (χ3v) is 16.4.